The number of aromatic nitrogens is 3. The second-order valence-corrected chi connectivity index (χ2v) is 6.60. The van der Waals surface area contributed by atoms with Crippen molar-refractivity contribution in [2.75, 3.05) is 13.1 Å². The van der Waals surface area contributed by atoms with Crippen LogP contribution in [0.15, 0.2) is 6.07 Å². The second-order valence-electron chi connectivity index (χ2n) is 6.60. The highest BCUT2D eigenvalue weighted by Crippen LogP contribution is 2.46. The van der Waals surface area contributed by atoms with Gasteiger partial charge in [-0.3, -0.25) is 9.59 Å². The van der Waals surface area contributed by atoms with E-state index in [4.69, 9.17) is 5.11 Å². The number of carbonyl (C=O) groups excluding carboxylic acids is 1. The summed E-state index contributed by atoms with van der Waals surface area (Å²) in [5.41, 5.74) is -0.897. The van der Waals surface area contributed by atoms with Gasteiger partial charge in [0, 0.05) is 24.5 Å². The van der Waals surface area contributed by atoms with Gasteiger partial charge in [-0.1, -0.05) is 0 Å². The quantitative estimate of drug-likeness (QED) is 0.875. The predicted octanol–water partition coefficient (Wildman–Crippen LogP) is 2.13. The summed E-state index contributed by atoms with van der Waals surface area (Å²) in [6.07, 6.45) is -5.63. The Bertz CT molecular complexity index is 922. The number of amides is 1. The SMILES string of the molecule is Cc1cc(C)n2nc(C)c(C(=O)N3CCC(C(=O)O)(C(F)(F)F)C3)c2n1. The highest BCUT2D eigenvalue weighted by molar-refractivity contribution is 6.01. The van der Waals surface area contributed by atoms with Crippen LogP contribution in [0.25, 0.3) is 5.65 Å². The third-order valence-corrected chi connectivity index (χ3v) is 4.79. The van der Waals surface area contributed by atoms with Crippen LogP contribution >= 0.6 is 0 Å². The average molecular weight is 370 g/mol. The molecule has 2 aromatic heterocycles. The Balaban J connectivity index is 2.03. The van der Waals surface area contributed by atoms with Gasteiger partial charge in [-0.15, -0.1) is 0 Å². The summed E-state index contributed by atoms with van der Waals surface area (Å²) in [6.45, 7) is 3.86. The van der Waals surface area contributed by atoms with E-state index < -0.39 is 36.4 Å². The predicted molar refractivity (Wildman–Crippen MR) is 83.8 cm³/mol. The van der Waals surface area contributed by atoms with Crippen molar-refractivity contribution >= 4 is 17.5 Å². The van der Waals surface area contributed by atoms with Crippen LogP contribution < -0.4 is 0 Å². The molecule has 140 valence electrons. The lowest BCUT2D eigenvalue weighted by Gasteiger charge is -2.27. The molecule has 1 aliphatic heterocycles. The van der Waals surface area contributed by atoms with Crippen LogP contribution in [0.1, 0.15) is 33.9 Å². The Kier molecular flexibility index (Phi) is 3.97. The van der Waals surface area contributed by atoms with Gasteiger partial charge < -0.3 is 10.0 Å². The summed E-state index contributed by atoms with van der Waals surface area (Å²) in [4.78, 5) is 29.4. The number of halogens is 3. The minimum Gasteiger partial charge on any atom is -0.481 e. The van der Waals surface area contributed by atoms with Crippen molar-refractivity contribution in [1.82, 2.24) is 19.5 Å². The Morgan fingerprint density at radius 1 is 1.27 bits per heavy atom. The third kappa shape index (κ3) is 2.51. The number of carbonyl (C=O) groups is 2. The normalized spacial score (nSPS) is 20.8. The van der Waals surface area contributed by atoms with Crippen LogP contribution in [0.3, 0.4) is 0 Å². The van der Waals surface area contributed by atoms with Gasteiger partial charge in [0.25, 0.3) is 5.91 Å². The van der Waals surface area contributed by atoms with Gasteiger partial charge in [-0.05, 0) is 33.3 Å². The Morgan fingerprint density at radius 2 is 1.92 bits per heavy atom. The fourth-order valence-corrected chi connectivity index (χ4v) is 3.35. The van der Waals surface area contributed by atoms with Gasteiger partial charge in [0.15, 0.2) is 11.1 Å². The molecule has 1 N–H and O–H groups in total. The number of alkyl halides is 3. The lowest BCUT2D eigenvalue weighted by molar-refractivity contribution is -0.227. The van der Waals surface area contributed by atoms with Crippen molar-refractivity contribution in [2.45, 2.75) is 33.4 Å². The molecule has 7 nitrogen and oxygen atoms in total. The maximum atomic E-state index is 13.3. The molecule has 26 heavy (non-hydrogen) atoms. The number of nitrogens with zero attached hydrogens (tertiary/aromatic N) is 4. The van der Waals surface area contributed by atoms with Crippen LogP contribution in [0.5, 0.6) is 0 Å². The van der Waals surface area contributed by atoms with E-state index in [1.807, 2.05) is 0 Å². The summed E-state index contributed by atoms with van der Waals surface area (Å²) < 4.78 is 41.5. The summed E-state index contributed by atoms with van der Waals surface area (Å²) in [5, 5.41) is 13.4. The Hall–Kier alpha value is -2.65. The molecule has 0 bridgehead atoms. The third-order valence-electron chi connectivity index (χ3n) is 4.79. The summed E-state index contributed by atoms with van der Waals surface area (Å²) >= 11 is 0. The molecule has 0 saturated carbocycles. The first-order chi connectivity index (χ1) is 12.0. The number of carboxylic acid groups (broad SMARTS) is 1. The number of hydrogen-bond donors (Lipinski definition) is 1. The number of likely N-dealkylation sites (tertiary alicyclic amines) is 1. The van der Waals surface area contributed by atoms with Gasteiger partial charge in [-0.2, -0.15) is 18.3 Å². The largest absolute Gasteiger partial charge is 0.481 e. The van der Waals surface area contributed by atoms with Gasteiger partial charge in [0.05, 0.1) is 5.69 Å². The number of carboxylic acids is 1. The van der Waals surface area contributed by atoms with Crippen molar-refractivity contribution in [3.63, 3.8) is 0 Å². The van der Waals surface area contributed by atoms with Crippen molar-refractivity contribution < 1.29 is 27.9 Å². The molecule has 3 rings (SSSR count). The number of aryl methyl sites for hydroxylation is 3. The highest BCUT2D eigenvalue weighted by Gasteiger charge is 2.64. The zero-order valence-corrected chi connectivity index (χ0v) is 14.4. The lowest BCUT2D eigenvalue weighted by Crippen LogP contribution is -2.47. The fraction of sp³-hybridized carbons (Fsp3) is 0.500. The molecular weight excluding hydrogens is 353 g/mol. The van der Waals surface area contributed by atoms with E-state index in [9.17, 15) is 22.8 Å². The zero-order chi connectivity index (χ0) is 19.4. The first-order valence-corrected chi connectivity index (χ1v) is 7.91. The van der Waals surface area contributed by atoms with E-state index >= 15 is 0 Å². The standard InChI is InChI=1S/C16H17F3N4O3/c1-8-6-9(2)23-12(20-8)11(10(3)21-23)13(24)22-5-4-15(7-22,14(25)26)16(17,18)19/h6H,4-5,7H2,1-3H3,(H,25,26). The maximum absolute atomic E-state index is 13.3. The summed E-state index contributed by atoms with van der Waals surface area (Å²) in [6, 6.07) is 1.77. The van der Waals surface area contributed by atoms with Crippen LogP contribution in [-0.2, 0) is 4.79 Å². The summed E-state index contributed by atoms with van der Waals surface area (Å²) in [7, 11) is 0. The van der Waals surface area contributed by atoms with E-state index in [1.165, 1.54) is 4.52 Å². The Morgan fingerprint density at radius 3 is 2.46 bits per heavy atom. The molecule has 3 heterocycles. The molecule has 1 fully saturated rings. The smallest absolute Gasteiger partial charge is 0.406 e. The first-order valence-electron chi connectivity index (χ1n) is 7.91. The molecule has 1 saturated heterocycles. The molecule has 2 aromatic rings. The van der Waals surface area contributed by atoms with E-state index in [2.05, 4.69) is 10.1 Å². The number of aliphatic carboxylic acids is 1. The molecule has 1 aliphatic rings. The molecule has 1 atom stereocenters. The van der Waals surface area contributed by atoms with Crippen molar-refractivity contribution in [1.29, 1.82) is 0 Å². The topological polar surface area (TPSA) is 87.8 Å². The summed E-state index contributed by atoms with van der Waals surface area (Å²) in [5.74, 6) is -2.66. The molecular formula is C16H17F3N4O3. The van der Waals surface area contributed by atoms with Crippen molar-refractivity contribution in [3.05, 3.63) is 28.7 Å². The molecule has 10 heteroatoms. The molecule has 0 aliphatic carbocycles. The second kappa shape index (κ2) is 5.68. The van der Waals surface area contributed by atoms with Crippen molar-refractivity contribution in [2.24, 2.45) is 5.41 Å². The fourth-order valence-electron chi connectivity index (χ4n) is 3.35. The van der Waals surface area contributed by atoms with Gasteiger partial charge in [-0.25, -0.2) is 9.50 Å². The zero-order valence-electron chi connectivity index (χ0n) is 14.4. The lowest BCUT2D eigenvalue weighted by atomic mass is 9.86. The molecule has 0 spiro atoms. The van der Waals surface area contributed by atoms with Crippen molar-refractivity contribution in [3.8, 4) is 0 Å². The molecule has 0 aromatic carbocycles. The number of rotatable bonds is 2. The minimum atomic E-state index is -4.95. The minimum absolute atomic E-state index is 0.0974. The van der Waals surface area contributed by atoms with Gasteiger partial charge in [0.2, 0.25) is 0 Å². The number of hydrogen-bond acceptors (Lipinski definition) is 4. The highest BCUT2D eigenvalue weighted by atomic mass is 19.4. The average Bonchev–Trinajstić information content (AvgIpc) is 3.08. The van der Waals surface area contributed by atoms with Gasteiger partial charge in [0.1, 0.15) is 5.56 Å². The van der Waals surface area contributed by atoms with Crippen LogP contribution in [0, 0.1) is 26.2 Å². The first kappa shape index (κ1) is 18.2. The van der Waals surface area contributed by atoms with E-state index in [1.54, 1.807) is 26.8 Å². The monoisotopic (exact) mass is 370 g/mol. The maximum Gasteiger partial charge on any atom is 0.406 e. The van der Waals surface area contributed by atoms with E-state index in [-0.39, 0.29) is 17.8 Å². The van der Waals surface area contributed by atoms with Crippen LogP contribution in [0.2, 0.25) is 0 Å². The van der Waals surface area contributed by atoms with Crippen LogP contribution in [-0.4, -0.2) is 55.7 Å². The number of fused-ring (bicyclic) bond motifs is 1. The molecule has 1 unspecified atom stereocenters. The molecule has 1 amide bonds. The Labute approximate surface area is 146 Å². The van der Waals surface area contributed by atoms with E-state index in [0.717, 1.165) is 10.6 Å². The van der Waals surface area contributed by atoms with Gasteiger partial charge >= 0.3 is 12.1 Å². The van der Waals surface area contributed by atoms with Crippen LogP contribution in [0.4, 0.5) is 13.2 Å². The van der Waals surface area contributed by atoms with E-state index in [0.29, 0.717) is 11.4 Å². The molecule has 0 radical (unpaired) electrons.